The Bertz CT molecular complexity index is 615. The molecule has 8 heteroatoms. The monoisotopic (exact) mass is 329 g/mol. The first kappa shape index (κ1) is 15.9. The van der Waals surface area contributed by atoms with Gasteiger partial charge in [-0.2, -0.15) is 0 Å². The Morgan fingerprint density at radius 1 is 1.45 bits per heavy atom. The third-order valence-corrected chi connectivity index (χ3v) is 5.00. The van der Waals surface area contributed by atoms with E-state index in [2.05, 4.69) is 14.8 Å². The van der Waals surface area contributed by atoms with E-state index in [1.165, 1.54) is 6.26 Å². The Morgan fingerprint density at radius 3 is 2.95 bits per heavy atom. The average Bonchev–Trinajstić information content (AvgIpc) is 2.82. The maximum Gasteiger partial charge on any atom is 0.209 e. The van der Waals surface area contributed by atoms with Gasteiger partial charge >= 0.3 is 0 Å². The topological polar surface area (TPSA) is 84.7 Å². The molecule has 2 fully saturated rings. The lowest BCUT2D eigenvalue weighted by molar-refractivity contribution is -0.0825. The molecule has 1 aromatic rings. The first-order chi connectivity index (χ1) is 10.4. The Morgan fingerprint density at radius 2 is 2.27 bits per heavy atom. The van der Waals surface area contributed by atoms with Gasteiger partial charge in [-0.3, -0.25) is 4.90 Å². The lowest BCUT2D eigenvalue weighted by atomic mass is 9.86. The van der Waals surface area contributed by atoms with E-state index in [9.17, 15) is 8.42 Å². The van der Waals surface area contributed by atoms with Crippen LogP contribution in [0, 0.1) is 12.8 Å². The van der Waals surface area contributed by atoms with E-state index in [-0.39, 0.29) is 12.1 Å². The van der Waals surface area contributed by atoms with Crippen LogP contribution in [0.1, 0.15) is 24.3 Å². The van der Waals surface area contributed by atoms with Gasteiger partial charge in [0.25, 0.3) is 0 Å². The number of rotatable bonds is 4. The van der Waals surface area contributed by atoms with Crippen molar-refractivity contribution in [3.63, 3.8) is 0 Å². The van der Waals surface area contributed by atoms with Crippen LogP contribution in [0.25, 0.3) is 0 Å². The van der Waals surface area contributed by atoms with Crippen LogP contribution in [0.3, 0.4) is 0 Å². The number of nitrogens with zero attached hydrogens (tertiary/aromatic N) is 2. The lowest BCUT2D eigenvalue weighted by Gasteiger charge is -2.45. The number of aryl methyl sites for hydroxylation is 1. The molecule has 2 aliphatic rings. The Kier molecular flexibility index (Phi) is 4.54. The van der Waals surface area contributed by atoms with Crippen LogP contribution in [0.5, 0.6) is 0 Å². The third kappa shape index (κ3) is 3.87. The molecule has 0 spiro atoms. The van der Waals surface area contributed by atoms with Crippen molar-refractivity contribution in [3.8, 4) is 0 Å². The maximum atomic E-state index is 11.6. The molecule has 0 bridgehead atoms. The van der Waals surface area contributed by atoms with Gasteiger partial charge in [-0.25, -0.2) is 13.1 Å². The van der Waals surface area contributed by atoms with Gasteiger partial charge in [0, 0.05) is 32.3 Å². The summed E-state index contributed by atoms with van der Waals surface area (Å²) in [7, 11) is -3.26. The number of nitrogens with one attached hydrogen (secondary N) is 1. The second kappa shape index (κ2) is 6.27. The highest BCUT2D eigenvalue weighted by atomic mass is 32.2. The SMILES string of the molecule is Cc1cc(CN2C[C@@H]3CCCO[C@@H]3[C@H](NS(C)(=O)=O)C2)no1. The summed E-state index contributed by atoms with van der Waals surface area (Å²) in [5, 5.41) is 4.03. The summed E-state index contributed by atoms with van der Waals surface area (Å²) in [6.45, 7) is 4.78. The van der Waals surface area contributed by atoms with E-state index in [4.69, 9.17) is 9.26 Å². The summed E-state index contributed by atoms with van der Waals surface area (Å²) in [5.74, 6) is 1.14. The number of piperidine rings is 1. The van der Waals surface area contributed by atoms with E-state index in [0.717, 1.165) is 30.8 Å². The molecule has 3 rings (SSSR count). The van der Waals surface area contributed by atoms with Crippen LogP contribution in [0.2, 0.25) is 0 Å². The molecule has 2 aliphatic heterocycles. The minimum absolute atomic E-state index is 0.0289. The molecule has 0 saturated carbocycles. The van der Waals surface area contributed by atoms with Crippen LogP contribution in [0.4, 0.5) is 0 Å². The van der Waals surface area contributed by atoms with Crippen molar-refractivity contribution in [2.45, 2.75) is 38.5 Å². The molecule has 2 saturated heterocycles. The molecule has 124 valence electrons. The normalized spacial score (nSPS) is 30.2. The van der Waals surface area contributed by atoms with Crippen LogP contribution >= 0.6 is 0 Å². The van der Waals surface area contributed by atoms with Gasteiger partial charge < -0.3 is 9.26 Å². The summed E-state index contributed by atoms with van der Waals surface area (Å²) in [4.78, 5) is 2.23. The molecule has 0 amide bonds. The average molecular weight is 329 g/mol. The molecule has 3 heterocycles. The predicted molar refractivity (Wildman–Crippen MR) is 80.7 cm³/mol. The molecule has 0 aliphatic carbocycles. The molecule has 0 aromatic carbocycles. The quantitative estimate of drug-likeness (QED) is 0.866. The van der Waals surface area contributed by atoms with Crippen LogP contribution in [-0.2, 0) is 21.3 Å². The van der Waals surface area contributed by atoms with E-state index in [1.807, 2.05) is 13.0 Å². The maximum absolute atomic E-state index is 11.6. The third-order valence-electron chi connectivity index (χ3n) is 4.27. The van der Waals surface area contributed by atoms with Gasteiger partial charge in [0.2, 0.25) is 10.0 Å². The second-order valence-corrected chi connectivity index (χ2v) is 8.14. The minimum Gasteiger partial charge on any atom is -0.376 e. The fraction of sp³-hybridized carbons (Fsp3) is 0.786. The number of hydrogen-bond acceptors (Lipinski definition) is 6. The molecular weight excluding hydrogens is 306 g/mol. The molecule has 0 unspecified atom stereocenters. The van der Waals surface area contributed by atoms with Gasteiger partial charge in [0.15, 0.2) is 0 Å². The fourth-order valence-corrected chi connectivity index (χ4v) is 4.28. The highest BCUT2D eigenvalue weighted by Crippen LogP contribution is 2.29. The van der Waals surface area contributed by atoms with Crippen LogP contribution < -0.4 is 4.72 Å². The molecular formula is C14H23N3O4S. The standard InChI is InChI=1S/C14H23N3O4S/c1-10-6-12(15-21-10)8-17-7-11-4-3-5-20-14(11)13(9-17)16-22(2,18)19/h6,11,13-14,16H,3-5,7-9H2,1-2H3/t11-,13+,14-/m0/s1. The van der Waals surface area contributed by atoms with E-state index in [0.29, 0.717) is 25.6 Å². The van der Waals surface area contributed by atoms with Crippen LogP contribution in [-0.4, -0.2) is 56.6 Å². The fourth-order valence-electron chi connectivity index (χ4n) is 3.52. The van der Waals surface area contributed by atoms with E-state index >= 15 is 0 Å². The number of likely N-dealkylation sites (tertiary alicyclic amines) is 1. The summed E-state index contributed by atoms with van der Waals surface area (Å²) in [6.07, 6.45) is 3.27. The zero-order valence-electron chi connectivity index (χ0n) is 13.0. The smallest absolute Gasteiger partial charge is 0.209 e. The van der Waals surface area contributed by atoms with Crippen molar-refractivity contribution in [3.05, 3.63) is 17.5 Å². The highest BCUT2D eigenvalue weighted by Gasteiger charge is 2.40. The highest BCUT2D eigenvalue weighted by molar-refractivity contribution is 7.88. The first-order valence-electron chi connectivity index (χ1n) is 7.64. The molecule has 1 N–H and O–H groups in total. The van der Waals surface area contributed by atoms with Crippen molar-refractivity contribution in [2.24, 2.45) is 5.92 Å². The Labute approximate surface area is 131 Å². The van der Waals surface area contributed by atoms with Crippen molar-refractivity contribution >= 4 is 10.0 Å². The number of sulfonamides is 1. The van der Waals surface area contributed by atoms with Gasteiger partial charge in [0.05, 0.1) is 24.1 Å². The number of fused-ring (bicyclic) bond motifs is 1. The zero-order valence-corrected chi connectivity index (χ0v) is 13.8. The van der Waals surface area contributed by atoms with Crippen molar-refractivity contribution in [1.82, 2.24) is 14.8 Å². The number of ether oxygens (including phenoxy) is 1. The van der Waals surface area contributed by atoms with Crippen molar-refractivity contribution in [2.75, 3.05) is 26.0 Å². The minimum atomic E-state index is -3.26. The number of aromatic nitrogens is 1. The molecule has 7 nitrogen and oxygen atoms in total. The zero-order chi connectivity index (χ0) is 15.7. The Hall–Kier alpha value is -0.960. The second-order valence-electron chi connectivity index (χ2n) is 6.36. The molecule has 3 atom stereocenters. The predicted octanol–water partition coefficient (Wildman–Crippen LogP) is 0.512. The van der Waals surface area contributed by atoms with Gasteiger partial charge in [-0.05, 0) is 25.7 Å². The number of hydrogen-bond donors (Lipinski definition) is 1. The lowest BCUT2D eigenvalue weighted by Crippen LogP contribution is -2.60. The van der Waals surface area contributed by atoms with Gasteiger partial charge in [-0.1, -0.05) is 5.16 Å². The Balaban J connectivity index is 1.72. The van der Waals surface area contributed by atoms with Gasteiger partial charge in [0.1, 0.15) is 5.76 Å². The summed E-state index contributed by atoms with van der Waals surface area (Å²) >= 11 is 0. The first-order valence-corrected chi connectivity index (χ1v) is 9.53. The van der Waals surface area contributed by atoms with Crippen LogP contribution in [0.15, 0.2) is 10.6 Å². The van der Waals surface area contributed by atoms with Gasteiger partial charge in [-0.15, -0.1) is 0 Å². The largest absolute Gasteiger partial charge is 0.376 e. The molecule has 22 heavy (non-hydrogen) atoms. The molecule has 1 aromatic heterocycles. The van der Waals surface area contributed by atoms with Crippen molar-refractivity contribution < 1.29 is 17.7 Å². The summed E-state index contributed by atoms with van der Waals surface area (Å²) in [5.41, 5.74) is 0.880. The molecule has 0 radical (unpaired) electrons. The van der Waals surface area contributed by atoms with Crippen molar-refractivity contribution in [1.29, 1.82) is 0 Å². The summed E-state index contributed by atoms with van der Waals surface area (Å²) in [6, 6.07) is 1.71. The van der Waals surface area contributed by atoms with E-state index < -0.39 is 10.0 Å². The summed E-state index contributed by atoms with van der Waals surface area (Å²) < 4.78 is 37.0. The van der Waals surface area contributed by atoms with E-state index in [1.54, 1.807) is 0 Å².